The molecule has 8 nitrogen and oxygen atoms in total. The molecule has 8 heteroatoms. The summed E-state index contributed by atoms with van der Waals surface area (Å²) in [5, 5.41) is 22.4. The fraction of sp³-hybridized carbons (Fsp3) is 0.364. The number of ether oxygens (including phenoxy) is 4. The van der Waals surface area contributed by atoms with Crippen molar-refractivity contribution in [3.05, 3.63) is 106 Å². The maximum absolute atomic E-state index is 12.7. The highest BCUT2D eigenvalue weighted by Crippen LogP contribution is 2.44. The SMILES string of the molecule is CO[C@@H]1[C@@H](O)[C@@H](O)[C@H](Oc2ccc3c(OC(c4ccccc4)c4ccccc4)cc(=O)oc3c2C)OC12CCCC2. The highest BCUT2D eigenvalue weighted by molar-refractivity contribution is 5.87. The summed E-state index contributed by atoms with van der Waals surface area (Å²) in [5.74, 6) is 0.738. The molecular weight excluding hydrogens is 524 g/mol. The monoisotopic (exact) mass is 558 g/mol. The van der Waals surface area contributed by atoms with E-state index in [0.717, 1.165) is 24.0 Å². The zero-order chi connectivity index (χ0) is 28.6. The summed E-state index contributed by atoms with van der Waals surface area (Å²) in [5.41, 5.74) is 1.43. The number of aliphatic hydroxyl groups excluding tert-OH is 2. The van der Waals surface area contributed by atoms with E-state index in [-0.39, 0.29) is 0 Å². The van der Waals surface area contributed by atoms with Crippen LogP contribution in [0.1, 0.15) is 48.5 Å². The number of methoxy groups -OCH3 is 1. The first-order chi connectivity index (χ1) is 19.9. The molecule has 6 rings (SSSR count). The Morgan fingerprint density at radius 2 is 1.51 bits per heavy atom. The van der Waals surface area contributed by atoms with Gasteiger partial charge in [-0.3, -0.25) is 0 Å². The third-order valence-corrected chi connectivity index (χ3v) is 8.28. The number of aryl methyl sites for hydroxylation is 1. The van der Waals surface area contributed by atoms with Crippen molar-refractivity contribution in [3.63, 3.8) is 0 Å². The van der Waals surface area contributed by atoms with Crippen molar-refractivity contribution in [2.45, 2.75) is 68.9 Å². The first-order valence-corrected chi connectivity index (χ1v) is 14.0. The fourth-order valence-electron chi connectivity index (χ4n) is 6.22. The number of hydrogen-bond donors (Lipinski definition) is 2. The predicted molar refractivity (Wildman–Crippen MR) is 152 cm³/mol. The van der Waals surface area contributed by atoms with Crippen LogP contribution in [0.5, 0.6) is 11.5 Å². The Hall–Kier alpha value is -3.69. The third kappa shape index (κ3) is 5.13. The fourth-order valence-corrected chi connectivity index (χ4v) is 6.22. The maximum atomic E-state index is 12.7. The molecule has 1 aliphatic carbocycles. The van der Waals surface area contributed by atoms with Crippen LogP contribution >= 0.6 is 0 Å². The highest BCUT2D eigenvalue weighted by atomic mass is 16.7. The lowest BCUT2D eigenvalue weighted by atomic mass is 9.85. The van der Waals surface area contributed by atoms with Crippen molar-refractivity contribution in [3.8, 4) is 11.5 Å². The molecule has 2 N–H and O–H groups in total. The Labute approximate surface area is 238 Å². The molecule has 2 heterocycles. The lowest BCUT2D eigenvalue weighted by Gasteiger charge is -2.48. The van der Waals surface area contributed by atoms with Crippen molar-refractivity contribution in [2.24, 2.45) is 0 Å². The van der Waals surface area contributed by atoms with Crippen molar-refractivity contribution < 1.29 is 33.6 Å². The number of rotatable bonds is 7. The minimum absolute atomic E-state index is 0.307. The molecule has 4 atom stereocenters. The van der Waals surface area contributed by atoms with Crippen molar-refractivity contribution in [2.75, 3.05) is 7.11 Å². The van der Waals surface area contributed by atoms with Gasteiger partial charge >= 0.3 is 5.63 Å². The summed E-state index contributed by atoms with van der Waals surface area (Å²) in [7, 11) is 1.51. The summed E-state index contributed by atoms with van der Waals surface area (Å²) in [6, 6.07) is 24.5. The number of aliphatic hydroxyl groups is 2. The minimum atomic E-state index is -1.33. The molecule has 1 aliphatic heterocycles. The molecule has 1 saturated heterocycles. The van der Waals surface area contributed by atoms with Crippen LogP contribution in [-0.4, -0.2) is 47.5 Å². The molecule has 0 amide bonds. The van der Waals surface area contributed by atoms with Gasteiger partial charge in [0, 0.05) is 12.7 Å². The van der Waals surface area contributed by atoms with Gasteiger partial charge in [0.25, 0.3) is 0 Å². The van der Waals surface area contributed by atoms with Crippen LogP contribution in [-0.2, 0) is 9.47 Å². The van der Waals surface area contributed by atoms with E-state index in [1.54, 1.807) is 19.1 Å². The maximum Gasteiger partial charge on any atom is 0.339 e. The zero-order valence-corrected chi connectivity index (χ0v) is 23.1. The molecule has 41 heavy (non-hydrogen) atoms. The normalized spacial score (nSPS) is 23.7. The molecular formula is C33H34O8. The van der Waals surface area contributed by atoms with Crippen LogP contribution in [0.4, 0.5) is 0 Å². The van der Waals surface area contributed by atoms with E-state index < -0.39 is 41.9 Å². The van der Waals surface area contributed by atoms with E-state index >= 15 is 0 Å². The van der Waals surface area contributed by atoms with E-state index in [0.29, 0.717) is 40.9 Å². The van der Waals surface area contributed by atoms with Gasteiger partial charge in [-0.25, -0.2) is 4.79 Å². The smallest absolute Gasteiger partial charge is 0.339 e. The summed E-state index contributed by atoms with van der Waals surface area (Å²) in [6.45, 7) is 1.77. The number of fused-ring (bicyclic) bond motifs is 1. The summed E-state index contributed by atoms with van der Waals surface area (Å²) in [4.78, 5) is 12.7. The van der Waals surface area contributed by atoms with Gasteiger partial charge in [0.1, 0.15) is 47.1 Å². The van der Waals surface area contributed by atoms with E-state index in [1.165, 1.54) is 13.2 Å². The van der Waals surface area contributed by atoms with Gasteiger partial charge in [0.2, 0.25) is 6.29 Å². The van der Waals surface area contributed by atoms with E-state index in [9.17, 15) is 15.0 Å². The van der Waals surface area contributed by atoms with E-state index in [4.69, 9.17) is 23.4 Å². The Balaban J connectivity index is 1.34. The summed E-state index contributed by atoms with van der Waals surface area (Å²) < 4.78 is 30.2. The average Bonchev–Trinajstić information content (AvgIpc) is 3.46. The molecule has 3 aromatic carbocycles. The van der Waals surface area contributed by atoms with Crippen LogP contribution in [0, 0.1) is 6.92 Å². The van der Waals surface area contributed by atoms with E-state index in [2.05, 4.69) is 0 Å². The Morgan fingerprint density at radius 1 is 0.878 bits per heavy atom. The van der Waals surface area contributed by atoms with Crippen molar-refractivity contribution >= 4 is 11.0 Å². The van der Waals surface area contributed by atoms with Gasteiger partial charge in [0.15, 0.2) is 0 Å². The molecule has 0 bridgehead atoms. The molecule has 214 valence electrons. The van der Waals surface area contributed by atoms with E-state index in [1.807, 2.05) is 60.7 Å². The first-order valence-electron chi connectivity index (χ1n) is 14.0. The third-order valence-electron chi connectivity index (χ3n) is 8.28. The second kappa shape index (κ2) is 11.3. The summed E-state index contributed by atoms with van der Waals surface area (Å²) >= 11 is 0. The lowest BCUT2D eigenvalue weighted by Crippen LogP contribution is -2.65. The van der Waals surface area contributed by atoms with Gasteiger partial charge in [-0.05, 0) is 43.0 Å². The predicted octanol–water partition coefficient (Wildman–Crippen LogP) is 5.05. The minimum Gasteiger partial charge on any atom is -0.480 e. The lowest BCUT2D eigenvalue weighted by molar-refractivity contribution is -0.314. The molecule has 0 radical (unpaired) electrons. The standard InChI is InChI=1S/C33H34O8/c1-20-24(39-32-28(36)27(35)31(37-2)33(41-32)17-9-10-18-33)16-15-23-25(19-26(34)40-29(20)23)38-30(21-11-5-3-6-12-21)22-13-7-4-8-14-22/h3-8,11-16,19,27-28,30-32,35-36H,9-10,17-18H2,1-2H3/t27-,28+,31+,32+/m0/s1. The number of benzene rings is 3. The van der Waals surface area contributed by atoms with Crippen LogP contribution in [0.25, 0.3) is 11.0 Å². The molecule has 4 aromatic rings. The van der Waals surface area contributed by atoms with Crippen LogP contribution in [0.15, 0.2) is 88.1 Å². The Kier molecular flexibility index (Phi) is 7.57. The Bertz CT molecular complexity index is 1510. The molecule has 2 aliphatic rings. The zero-order valence-electron chi connectivity index (χ0n) is 23.1. The second-order valence-electron chi connectivity index (χ2n) is 10.8. The van der Waals surface area contributed by atoms with Gasteiger partial charge in [-0.1, -0.05) is 73.5 Å². The van der Waals surface area contributed by atoms with Crippen LogP contribution in [0.2, 0.25) is 0 Å². The molecule has 1 spiro atoms. The summed E-state index contributed by atoms with van der Waals surface area (Å²) in [6.07, 6.45) is -1.48. The highest BCUT2D eigenvalue weighted by Gasteiger charge is 2.56. The van der Waals surface area contributed by atoms with Gasteiger partial charge in [0.05, 0.1) is 11.5 Å². The topological polar surface area (TPSA) is 108 Å². The first kappa shape index (κ1) is 27.5. The molecule has 1 saturated carbocycles. The number of hydrogen-bond acceptors (Lipinski definition) is 8. The van der Waals surface area contributed by atoms with Gasteiger partial charge < -0.3 is 33.6 Å². The van der Waals surface area contributed by atoms with Crippen molar-refractivity contribution in [1.82, 2.24) is 0 Å². The molecule has 2 fully saturated rings. The van der Waals surface area contributed by atoms with Crippen molar-refractivity contribution in [1.29, 1.82) is 0 Å². The van der Waals surface area contributed by atoms with Gasteiger partial charge in [-0.15, -0.1) is 0 Å². The average molecular weight is 559 g/mol. The molecule has 0 unspecified atom stereocenters. The van der Waals surface area contributed by atoms with Crippen LogP contribution < -0.4 is 15.1 Å². The molecule has 1 aromatic heterocycles. The van der Waals surface area contributed by atoms with Gasteiger partial charge in [-0.2, -0.15) is 0 Å². The second-order valence-corrected chi connectivity index (χ2v) is 10.8. The van der Waals surface area contributed by atoms with Crippen LogP contribution in [0.3, 0.4) is 0 Å². The quantitative estimate of drug-likeness (QED) is 0.304. The largest absolute Gasteiger partial charge is 0.480 e. The Morgan fingerprint density at radius 3 is 2.12 bits per heavy atom.